The number of nitro groups is 1. The summed E-state index contributed by atoms with van der Waals surface area (Å²) in [5.41, 5.74) is 1.98. The highest BCUT2D eigenvalue weighted by atomic mass is 16.6. The van der Waals surface area contributed by atoms with Crippen LogP contribution in [0.2, 0.25) is 0 Å². The highest BCUT2D eigenvalue weighted by Crippen LogP contribution is 2.41. The number of anilines is 1. The number of hydrazone groups is 1. The van der Waals surface area contributed by atoms with Crippen LogP contribution in [0.25, 0.3) is 0 Å². The van der Waals surface area contributed by atoms with Crippen LogP contribution < -0.4 is 5.01 Å². The van der Waals surface area contributed by atoms with Gasteiger partial charge < -0.3 is 0 Å². The van der Waals surface area contributed by atoms with Crippen molar-refractivity contribution in [1.82, 2.24) is 0 Å². The summed E-state index contributed by atoms with van der Waals surface area (Å²) in [4.78, 5) is 36.6. The molecule has 3 aromatic carbocycles. The third kappa shape index (κ3) is 3.85. The normalized spacial score (nSPS) is 17.8. The molecule has 1 aliphatic heterocycles. The fourth-order valence-corrected chi connectivity index (χ4v) is 3.80. The number of non-ortho nitro benzene ring substituents is 1. The van der Waals surface area contributed by atoms with Crippen LogP contribution in [0, 0.1) is 16.0 Å². The number of ketones is 2. The third-order valence-corrected chi connectivity index (χ3v) is 5.26. The van der Waals surface area contributed by atoms with Crippen molar-refractivity contribution in [2.24, 2.45) is 11.0 Å². The number of nitrogens with zero attached hydrogens (tertiary/aromatic N) is 3. The van der Waals surface area contributed by atoms with Crippen LogP contribution in [0.1, 0.15) is 28.9 Å². The maximum atomic E-state index is 13.5. The van der Waals surface area contributed by atoms with Gasteiger partial charge in [0.15, 0.2) is 11.6 Å². The Hall–Kier alpha value is -4.13. The van der Waals surface area contributed by atoms with Crippen molar-refractivity contribution in [2.45, 2.75) is 13.0 Å². The van der Waals surface area contributed by atoms with Gasteiger partial charge in [0.1, 0.15) is 5.71 Å². The molecule has 0 aliphatic carbocycles. The van der Waals surface area contributed by atoms with Crippen LogP contribution in [-0.2, 0) is 4.79 Å². The van der Waals surface area contributed by atoms with Gasteiger partial charge >= 0.3 is 0 Å². The molecule has 7 heteroatoms. The van der Waals surface area contributed by atoms with Crippen LogP contribution >= 0.6 is 0 Å². The first kappa shape index (κ1) is 20.2. The zero-order valence-corrected chi connectivity index (χ0v) is 16.7. The largest absolute Gasteiger partial charge is 0.293 e. The Morgan fingerprint density at radius 3 is 2.03 bits per heavy atom. The minimum absolute atomic E-state index is 0.0492. The molecule has 1 aliphatic rings. The molecule has 0 fully saturated rings. The molecule has 1 heterocycles. The molecule has 7 nitrogen and oxygen atoms in total. The molecule has 0 N–H and O–H groups in total. The maximum absolute atomic E-state index is 13.5. The molecule has 0 saturated heterocycles. The molecule has 31 heavy (non-hydrogen) atoms. The number of rotatable bonds is 6. The van der Waals surface area contributed by atoms with Crippen molar-refractivity contribution in [3.63, 3.8) is 0 Å². The predicted molar refractivity (Wildman–Crippen MR) is 117 cm³/mol. The van der Waals surface area contributed by atoms with Crippen molar-refractivity contribution < 1.29 is 14.5 Å². The lowest BCUT2D eigenvalue weighted by Gasteiger charge is -2.28. The van der Waals surface area contributed by atoms with Crippen molar-refractivity contribution in [2.75, 3.05) is 5.01 Å². The summed E-state index contributed by atoms with van der Waals surface area (Å²) in [6.45, 7) is 1.39. The van der Waals surface area contributed by atoms with Gasteiger partial charge in [-0.05, 0) is 17.7 Å². The Kier molecular flexibility index (Phi) is 5.41. The van der Waals surface area contributed by atoms with Crippen LogP contribution in [0.3, 0.4) is 0 Å². The lowest BCUT2D eigenvalue weighted by molar-refractivity contribution is -0.384. The molecular weight excluding hydrogens is 394 g/mol. The Bertz CT molecular complexity index is 1160. The number of nitro benzene ring substituents is 1. The summed E-state index contributed by atoms with van der Waals surface area (Å²) in [5, 5.41) is 17.2. The van der Waals surface area contributed by atoms with Gasteiger partial charge in [-0.25, -0.2) is 0 Å². The van der Waals surface area contributed by atoms with Gasteiger partial charge in [0.05, 0.1) is 22.6 Å². The molecule has 0 unspecified atom stereocenters. The van der Waals surface area contributed by atoms with E-state index in [1.54, 1.807) is 41.4 Å². The Labute approximate surface area is 178 Å². The summed E-state index contributed by atoms with van der Waals surface area (Å²) < 4.78 is 0. The van der Waals surface area contributed by atoms with E-state index in [0.717, 1.165) is 5.56 Å². The number of hydrogen-bond acceptors (Lipinski definition) is 6. The summed E-state index contributed by atoms with van der Waals surface area (Å²) in [6.07, 6.45) is 0. The average Bonchev–Trinajstić information content (AvgIpc) is 3.21. The van der Waals surface area contributed by atoms with E-state index < -0.39 is 16.9 Å². The van der Waals surface area contributed by atoms with Gasteiger partial charge in [-0.2, -0.15) is 5.10 Å². The second-order valence-electron chi connectivity index (χ2n) is 7.22. The van der Waals surface area contributed by atoms with Crippen molar-refractivity contribution in [3.05, 3.63) is 106 Å². The van der Waals surface area contributed by atoms with E-state index in [2.05, 4.69) is 5.10 Å². The molecule has 3 aromatic rings. The molecule has 0 aromatic heterocycles. The first-order valence-corrected chi connectivity index (χ1v) is 9.74. The fourth-order valence-electron chi connectivity index (χ4n) is 3.80. The van der Waals surface area contributed by atoms with E-state index in [9.17, 15) is 19.7 Å². The van der Waals surface area contributed by atoms with Crippen LogP contribution in [0.4, 0.5) is 11.4 Å². The maximum Gasteiger partial charge on any atom is 0.269 e. The average molecular weight is 413 g/mol. The van der Waals surface area contributed by atoms with Crippen LogP contribution in [0.5, 0.6) is 0 Å². The lowest BCUT2D eigenvalue weighted by atomic mass is 9.83. The highest BCUT2D eigenvalue weighted by molar-refractivity contribution is 6.45. The SMILES string of the molecule is CC(=O)C1=NN(c2ccc([N+](=O)[O-])cc2)[C@H](c2ccccc2)[C@H]1C(=O)c1ccccc1. The zero-order valence-electron chi connectivity index (χ0n) is 16.7. The van der Waals surface area contributed by atoms with Gasteiger partial charge in [0, 0.05) is 24.6 Å². The molecule has 0 saturated carbocycles. The Morgan fingerprint density at radius 1 is 0.903 bits per heavy atom. The minimum atomic E-state index is -0.808. The van der Waals surface area contributed by atoms with Crippen molar-refractivity contribution >= 4 is 28.7 Å². The molecule has 0 radical (unpaired) electrons. The van der Waals surface area contributed by atoms with Crippen LogP contribution in [0.15, 0.2) is 90.0 Å². The number of hydrogen-bond donors (Lipinski definition) is 0. The van der Waals surface area contributed by atoms with Gasteiger partial charge in [0.2, 0.25) is 0 Å². The Balaban J connectivity index is 1.84. The molecular formula is C24H19N3O4. The smallest absolute Gasteiger partial charge is 0.269 e. The fraction of sp³-hybridized carbons (Fsp3) is 0.125. The van der Waals surface area contributed by atoms with Crippen molar-refractivity contribution in [3.8, 4) is 0 Å². The molecule has 0 spiro atoms. The second-order valence-corrected chi connectivity index (χ2v) is 7.22. The van der Waals surface area contributed by atoms with Gasteiger partial charge in [-0.3, -0.25) is 24.7 Å². The number of Topliss-reactive ketones (excluding diaryl/α,β-unsaturated/α-hetero) is 2. The number of benzene rings is 3. The third-order valence-electron chi connectivity index (χ3n) is 5.26. The summed E-state index contributed by atoms with van der Waals surface area (Å²) in [5.74, 6) is -1.30. The quantitative estimate of drug-likeness (QED) is 0.334. The zero-order chi connectivity index (χ0) is 22.0. The first-order chi connectivity index (χ1) is 15.0. The molecule has 0 amide bonds. The minimum Gasteiger partial charge on any atom is -0.293 e. The van der Waals surface area contributed by atoms with E-state index in [1.165, 1.54) is 19.1 Å². The summed E-state index contributed by atoms with van der Waals surface area (Å²) in [7, 11) is 0. The van der Waals surface area contributed by atoms with E-state index in [-0.39, 0.29) is 23.0 Å². The van der Waals surface area contributed by atoms with E-state index in [1.807, 2.05) is 36.4 Å². The Morgan fingerprint density at radius 2 is 1.48 bits per heavy atom. The molecule has 0 bridgehead atoms. The van der Waals surface area contributed by atoms with Gasteiger partial charge in [-0.15, -0.1) is 0 Å². The van der Waals surface area contributed by atoms with E-state index in [0.29, 0.717) is 11.3 Å². The van der Waals surface area contributed by atoms with E-state index in [4.69, 9.17) is 0 Å². The number of carbonyl (C=O) groups excluding carboxylic acids is 2. The summed E-state index contributed by atoms with van der Waals surface area (Å²) in [6, 6.07) is 23.5. The first-order valence-electron chi connectivity index (χ1n) is 9.74. The number of carbonyl (C=O) groups is 2. The molecule has 2 atom stereocenters. The second kappa shape index (κ2) is 8.31. The topological polar surface area (TPSA) is 92.9 Å². The molecule has 154 valence electrons. The van der Waals surface area contributed by atoms with Gasteiger partial charge in [-0.1, -0.05) is 60.7 Å². The monoisotopic (exact) mass is 413 g/mol. The van der Waals surface area contributed by atoms with Crippen molar-refractivity contribution in [1.29, 1.82) is 0 Å². The van der Waals surface area contributed by atoms with Crippen LogP contribution in [-0.4, -0.2) is 22.2 Å². The standard InChI is InChI=1S/C24H19N3O4/c1-16(28)22-21(24(29)18-10-6-3-7-11-18)23(17-8-4-2-5-9-17)26(25-22)19-12-14-20(15-13-19)27(30)31/h2-15,21,23H,1H3/t21-,23+/m0/s1. The summed E-state index contributed by atoms with van der Waals surface area (Å²) >= 11 is 0. The highest BCUT2D eigenvalue weighted by Gasteiger charge is 2.45. The van der Waals surface area contributed by atoms with E-state index >= 15 is 0 Å². The lowest BCUT2D eigenvalue weighted by Crippen LogP contribution is -2.33. The molecule has 4 rings (SSSR count). The van der Waals surface area contributed by atoms with Gasteiger partial charge in [0.25, 0.3) is 5.69 Å². The predicted octanol–water partition coefficient (Wildman–Crippen LogP) is 4.60.